The molecule has 0 aliphatic carbocycles. The summed E-state index contributed by atoms with van der Waals surface area (Å²) in [6, 6.07) is 10.5. The van der Waals surface area contributed by atoms with Crippen LogP contribution in [-0.4, -0.2) is 45.7 Å². The highest BCUT2D eigenvalue weighted by Gasteiger charge is 2.23. The highest BCUT2D eigenvalue weighted by molar-refractivity contribution is 5.96. The molecule has 130 valence electrons. The molecule has 4 heterocycles. The average molecular weight is 345 g/mol. The van der Waals surface area contributed by atoms with Crippen molar-refractivity contribution in [2.45, 2.75) is 13.0 Å². The Labute approximate surface area is 150 Å². The van der Waals surface area contributed by atoms with Gasteiger partial charge in [-0.3, -0.25) is 4.98 Å². The maximum atomic E-state index is 5.61. The fourth-order valence-corrected chi connectivity index (χ4v) is 3.63. The number of pyridine rings is 1. The lowest BCUT2D eigenvalue weighted by atomic mass is 10.1. The first-order valence-electron chi connectivity index (χ1n) is 8.84. The summed E-state index contributed by atoms with van der Waals surface area (Å²) in [6.45, 7) is 4.41. The van der Waals surface area contributed by atoms with Gasteiger partial charge in [0.05, 0.1) is 31.0 Å². The van der Waals surface area contributed by atoms with Gasteiger partial charge in [0.25, 0.3) is 0 Å². The summed E-state index contributed by atoms with van der Waals surface area (Å²) >= 11 is 0. The summed E-state index contributed by atoms with van der Waals surface area (Å²) < 4.78 is 5.61. The van der Waals surface area contributed by atoms with Gasteiger partial charge in [-0.1, -0.05) is 12.1 Å². The van der Waals surface area contributed by atoms with Crippen LogP contribution in [0.4, 0.5) is 5.82 Å². The smallest absolute Gasteiger partial charge is 0.162 e. The van der Waals surface area contributed by atoms with Crippen molar-refractivity contribution in [3.05, 3.63) is 48.9 Å². The summed E-state index contributed by atoms with van der Waals surface area (Å²) in [7, 11) is 0. The average Bonchev–Trinajstić information content (AvgIpc) is 3.16. The van der Waals surface area contributed by atoms with E-state index in [1.165, 1.54) is 0 Å². The fourth-order valence-electron chi connectivity index (χ4n) is 3.63. The second kappa shape index (κ2) is 6.07. The largest absolute Gasteiger partial charge is 0.377 e. The zero-order chi connectivity index (χ0) is 17.5. The predicted molar refractivity (Wildman–Crippen MR) is 102 cm³/mol. The molecule has 6 nitrogen and oxygen atoms in total. The van der Waals surface area contributed by atoms with Crippen molar-refractivity contribution in [3.8, 4) is 11.4 Å². The summed E-state index contributed by atoms with van der Waals surface area (Å²) in [5.74, 6) is 1.68. The van der Waals surface area contributed by atoms with E-state index in [-0.39, 0.29) is 6.04 Å². The molecule has 1 aliphatic heterocycles. The van der Waals surface area contributed by atoms with Crippen LogP contribution in [0.5, 0.6) is 0 Å². The number of fused-ring (bicyclic) bond motifs is 2. The number of rotatable bonds is 2. The monoisotopic (exact) mass is 345 g/mol. The second-order valence-corrected chi connectivity index (χ2v) is 6.63. The summed E-state index contributed by atoms with van der Waals surface area (Å²) in [4.78, 5) is 19.6. The molecule has 1 atom stereocenters. The van der Waals surface area contributed by atoms with Gasteiger partial charge < -0.3 is 14.6 Å². The Morgan fingerprint density at radius 1 is 1.15 bits per heavy atom. The molecule has 3 aromatic heterocycles. The molecule has 0 saturated carbocycles. The van der Waals surface area contributed by atoms with E-state index in [4.69, 9.17) is 14.7 Å². The van der Waals surface area contributed by atoms with Crippen molar-refractivity contribution in [2.75, 3.05) is 24.7 Å². The van der Waals surface area contributed by atoms with Gasteiger partial charge in [0.15, 0.2) is 5.82 Å². The standard InChI is InChI=1S/C20H19N5O/c1-13-12-26-10-9-25(13)20-16-5-7-21-11-18(16)23-19(24-20)15-3-2-4-17-14(15)6-8-22-17/h2-8,11,13,22H,9-10,12H2,1H3/t13-/m1/s1. The van der Waals surface area contributed by atoms with Gasteiger partial charge in [-0.05, 0) is 25.1 Å². The number of nitrogens with zero attached hydrogens (tertiary/aromatic N) is 4. The van der Waals surface area contributed by atoms with Crippen LogP contribution < -0.4 is 4.90 Å². The molecule has 5 rings (SSSR count). The summed E-state index contributed by atoms with van der Waals surface area (Å²) in [6.07, 6.45) is 5.56. The zero-order valence-corrected chi connectivity index (χ0v) is 14.5. The van der Waals surface area contributed by atoms with Gasteiger partial charge in [0.2, 0.25) is 0 Å². The molecule has 0 bridgehead atoms. The van der Waals surface area contributed by atoms with Gasteiger partial charge in [-0.2, -0.15) is 0 Å². The topological polar surface area (TPSA) is 66.9 Å². The SMILES string of the molecule is C[C@@H]1COCCN1c1nc(-c2cccc3[nH]ccc23)nc2cnccc12. The lowest BCUT2D eigenvalue weighted by molar-refractivity contribution is 0.0987. The van der Waals surface area contributed by atoms with Gasteiger partial charge in [-0.25, -0.2) is 9.97 Å². The van der Waals surface area contributed by atoms with E-state index in [1.54, 1.807) is 6.20 Å². The van der Waals surface area contributed by atoms with Crippen LogP contribution in [0.1, 0.15) is 6.92 Å². The summed E-state index contributed by atoms with van der Waals surface area (Å²) in [5.41, 5.74) is 2.97. The first-order valence-corrected chi connectivity index (χ1v) is 8.84. The Morgan fingerprint density at radius 2 is 2.12 bits per heavy atom. The maximum absolute atomic E-state index is 5.61. The molecule has 1 aliphatic rings. The molecule has 0 amide bonds. The number of ether oxygens (including phenoxy) is 1. The van der Waals surface area contributed by atoms with Gasteiger partial charge in [0.1, 0.15) is 5.82 Å². The minimum absolute atomic E-state index is 0.269. The highest BCUT2D eigenvalue weighted by Crippen LogP contribution is 2.32. The number of hydrogen-bond acceptors (Lipinski definition) is 5. The van der Waals surface area contributed by atoms with Gasteiger partial charge >= 0.3 is 0 Å². The second-order valence-electron chi connectivity index (χ2n) is 6.63. The molecule has 1 N–H and O–H groups in total. The van der Waals surface area contributed by atoms with Crippen molar-refractivity contribution in [2.24, 2.45) is 0 Å². The van der Waals surface area contributed by atoms with E-state index in [0.717, 1.165) is 45.6 Å². The van der Waals surface area contributed by atoms with Crippen LogP contribution >= 0.6 is 0 Å². The normalized spacial score (nSPS) is 17.9. The molecule has 1 fully saturated rings. The number of morpholine rings is 1. The number of anilines is 1. The van der Waals surface area contributed by atoms with Crippen LogP contribution in [-0.2, 0) is 4.74 Å². The van der Waals surface area contributed by atoms with Crippen molar-refractivity contribution < 1.29 is 4.74 Å². The van der Waals surface area contributed by atoms with E-state index in [2.05, 4.69) is 40.0 Å². The number of H-pyrrole nitrogens is 1. The van der Waals surface area contributed by atoms with E-state index >= 15 is 0 Å². The molecule has 1 aromatic carbocycles. The number of aromatic amines is 1. The molecular formula is C20H19N5O. The van der Waals surface area contributed by atoms with Crippen molar-refractivity contribution in [3.63, 3.8) is 0 Å². The number of hydrogen-bond donors (Lipinski definition) is 1. The van der Waals surface area contributed by atoms with E-state index < -0.39 is 0 Å². The minimum Gasteiger partial charge on any atom is -0.377 e. The Bertz CT molecular complexity index is 1090. The number of aromatic nitrogens is 4. The van der Waals surface area contributed by atoms with Gasteiger partial charge in [0, 0.05) is 40.8 Å². The van der Waals surface area contributed by atoms with E-state index in [1.807, 2.05) is 24.5 Å². The lowest BCUT2D eigenvalue weighted by Gasteiger charge is -2.35. The van der Waals surface area contributed by atoms with Gasteiger partial charge in [-0.15, -0.1) is 0 Å². The third-order valence-electron chi connectivity index (χ3n) is 4.95. The Hall–Kier alpha value is -2.99. The quantitative estimate of drug-likeness (QED) is 0.603. The van der Waals surface area contributed by atoms with Crippen molar-refractivity contribution >= 4 is 27.6 Å². The first-order chi connectivity index (χ1) is 12.8. The highest BCUT2D eigenvalue weighted by atomic mass is 16.5. The van der Waals surface area contributed by atoms with Crippen LogP contribution in [0.2, 0.25) is 0 Å². The Morgan fingerprint density at radius 3 is 3.04 bits per heavy atom. The number of benzene rings is 1. The molecule has 6 heteroatoms. The molecule has 0 unspecified atom stereocenters. The van der Waals surface area contributed by atoms with Crippen LogP contribution in [0.25, 0.3) is 33.2 Å². The predicted octanol–water partition coefficient (Wildman–Crippen LogP) is 3.40. The minimum atomic E-state index is 0.269. The third-order valence-corrected chi connectivity index (χ3v) is 4.95. The Kier molecular flexibility index (Phi) is 3.57. The molecule has 4 aromatic rings. The zero-order valence-electron chi connectivity index (χ0n) is 14.5. The molecule has 26 heavy (non-hydrogen) atoms. The lowest BCUT2D eigenvalue weighted by Crippen LogP contribution is -2.44. The summed E-state index contributed by atoms with van der Waals surface area (Å²) in [5, 5.41) is 2.15. The first kappa shape index (κ1) is 15.3. The molecule has 0 radical (unpaired) electrons. The van der Waals surface area contributed by atoms with E-state index in [0.29, 0.717) is 13.2 Å². The molecule has 1 saturated heterocycles. The Balaban J connectivity index is 1.76. The van der Waals surface area contributed by atoms with Crippen LogP contribution in [0.3, 0.4) is 0 Å². The van der Waals surface area contributed by atoms with Crippen molar-refractivity contribution in [1.29, 1.82) is 0 Å². The third kappa shape index (κ3) is 2.42. The van der Waals surface area contributed by atoms with E-state index in [9.17, 15) is 0 Å². The number of nitrogens with one attached hydrogen (secondary N) is 1. The maximum Gasteiger partial charge on any atom is 0.162 e. The fraction of sp³-hybridized carbons (Fsp3) is 0.250. The van der Waals surface area contributed by atoms with Crippen LogP contribution in [0, 0.1) is 0 Å². The molecular weight excluding hydrogens is 326 g/mol. The van der Waals surface area contributed by atoms with Crippen LogP contribution in [0.15, 0.2) is 48.9 Å². The van der Waals surface area contributed by atoms with Crippen molar-refractivity contribution in [1.82, 2.24) is 19.9 Å². The molecule has 0 spiro atoms.